The molecular weight excluding hydrogens is 230 g/mol. The van der Waals surface area contributed by atoms with E-state index in [1.165, 1.54) is 12.7 Å². The van der Waals surface area contributed by atoms with Crippen molar-refractivity contribution in [2.75, 3.05) is 7.11 Å². The Kier molecular flexibility index (Phi) is 9.91. The number of carboxylic acids is 1. The molecule has 0 radical (unpaired) electrons. The molecule has 1 rings (SSSR count). The van der Waals surface area contributed by atoms with E-state index in [4.69, 9.17) is 9.94 Å². The van der Waals surface area contributed by atoms with Crippen LogP contribution in [0.4, 0.5) is 0 Å². The fraction of sp³-hybridized carbons (Fsp3) is 0.500. The minimum absolute atomic E-state index is 0.0701. The monoisotopic (exact) mass is 253 g/mol. The average Bonchev–Trinajstić information content (AvgIpc) is 2.39. The van der Waals surface area contributed by atoms with Crippen LogP contribution < -0.4 is 5.48 Å². The van der Waals surface area contributed by atoms with Crippen molar-refractivity contribution in [3.05, 3.63) is 35.9 Å². The molecule has 2 N–H and O–H groups in total. The van der Waals surface area contributed by atoms with Crippen molar-refractivity contribution in [2.45, 2.75) is 39.2 Å². The summed E-state index contributed by atoms with van der Waals surface area (Å²) in [6, 6.07) is 9.83. The van der Waals surface area contributed by atoms with E-state index in [1.54, 1.807) is 0 Å². The van der Waals surface area contributed by atoms with Crippen molar-refractivity contribution in [3.63, 3.8) is 0 Å². The first kappa shape index (κ1) is 16.6. The number of nitrogens with one attached hydrogen (secondary N) is 1. The standard InChI is InChI=1S/C12H17NO3.C2H6/c1-16-13-11(9-12(14)15)8-7-10-5-3-2-4-6-10;1-2/h2-6,11,13H,7-9H2,1H3,(H,14,15);1-2H3. The number of aliphatic carboxylic acids is 1. The zero-order chi connectivity index (χ0) is 13.8. The number of benzene rings is 1. The van der Waals surface area contributed by atoms with Crippen molar-refractivity contribution >= 4 is 5.97 Å². The first-order valence-corrected chi connectivity index (χ1v) is 6.26. The van der Waals surface area contributed by atoms with Crippen molar-refractivity contribution in [3.8, 4) is 0 Å². The van der Waals surface area contributed by atoms with Crippen LogP contribution in [0.25, 0.3) is 0 Å². The Morgan fingerprint density at radius 1 is 1.33 bits per heavy atom. The van der Waals surface area contributed by atoms with Gasteiger partial charge in [0.05, 0.1) is 13.5 Å². The third-order valence-corrected chi connectivity index (χ3v) is 2.33. The fourth-order valence-corrected chi connectivity index (χ4v) is 1.57. The van der Waals surface area contributed by atoms with Gasteiger partial charge in [-0.2, -0.15) is 5.48 Å². The predicted octanol–water partition coefficient (Wildman–Crippen LogP) is 2.64. The molecule has 1 atom stereocenters. The van der Waals surface area contributed by atoms with E-state index in [1.807, 2.05) is 44.2 Å². The predicted molar refractivity (Wildman–Crippen MR) is 72.3 cm³/mol. The second-order valence-electron chi connectivity index (χ2n) is 3.64. The van der Waals surface area contributed by atoms with Crippen LogP contribution in [0.5, 0.6) is 0 Å². The molecular formula is C14H23NO3. The minimum Gasteiger partial charge on any atom is -0.481 e. The first-order chi connectivity index (χ1) is 8.72. The lowest BCUT2D eigenvalue weighted by atomic mass is 10.0. The van der Waals surface area contributed by atoms with E-state index in [-0.39, 0.29) is 12.5 Å². The van der Waals surface area contributed by atoms with Crippen LogP contribution in [-0.2, 0) is 16.1 Å². The number of hydrogen-bond donors (Lipinski definition) is 2. The molecule has 0 saturated carbocycles. The molecule has 0 spiro atoms. The summed E-state index contributed by atoms with van der Waals surface area (Å²) >= 11 is 0. The van der Waals surface area contributed by atoms with Gasteiger partial charge in [-0.1, -0.05) is 44.2 Å². The highest BCUT2D eigenvalue weighted by molar-refractivity contribution is 5.67. The van der Waals surface area contributed by atoms with Gasteiger partial charge in [-0.25, -0.2) is 0 Å². The van der Waals surface area contributed by atoms with Crippen molar-refractivity contribution in [2.24, 2.45) is 0 Å². The molecule has 1 aromatic carbocycles. The summed E-state index contributed by atoms with van der Waals surface area (Å²) in [6.45, 7) is 4.00. The lowest BCUT2D eigenvalue weighted by Crippen LogP contribution is -2.31. The number of aryl methyl sites for hydroxylation is 1. The van der Waals surface area contributed by atoms with E-state index in [0.717, 1.165) is 12.8 Å². The van der Waals surface area contributed by atoms with Gasteiger partial charge < -0.3 is 9.94 Å². The minimum atomic E-state index is -0.817. The molecule has 1 aromatic rings. The van der Waals surface area contributed by atoms with Crippen molar-refractivity contribution in [1.29, 1.82) is 0 Å². The highest BCUT2D eigenvalue weighted by Crippen LogP contribution is 2.07. The molecule has 0 amide bonds. The van der Waals surface area contributed by atoms with Crippen molar-refractivity contribution in [1.82, 2.24) is 5.48 Å². The van der Waals surface area contributed by atoms with Gasteiger partial charge in [0.25, 0.3) is 0 Å². The summed E-state index contributed by atoms with van der Waals surface area (Å²) in [5.74, 6) is -0.817. The summed E-state index contributed by atoms with van der Waals surface area (Å²) in [6.07, 6.45) is 1.65. The molecule has 0 saturated heterocycles. The molecule has 0 aromatic heterocycles. The Morgan fingerprint density at radius 3 is 2.44 bits per heavy atom. The molecule has 0 fully saturated rings. The SMILES string of the molecule is CC.CONC(CCc1ccccc1)CC(=O)O. The summed E-state index contributed by atoms with van der Waals surface area (Å²) in [5.41, 5.74) is 3.91. The normalized spacial score (nSPS) is 11.3. The van der Waals surface area contributed by atoms with Crippen LogP contribution in [0.1, 0.15) is 32.3 Å². The summed E-state index contributed by atoms with van der Waals surface area (Å²) in [7, 11) is 1.50. The molecule has 0 aliphatic carbocycles. The molecule has 0 heterocycles. The molecule has 102 valence electrons. The molecule has 0 aliphatic rings. The molecule has 0 aliphatic heterocycles. The van der Waals surface area contributed by atoms with E-state index < -0.39 is 5.97 Å². The topological polar surface area (TPSA) is 58.6 Å². The number of carbonyl (C=O) groups is 1. The third kappa shape index (κ3) is 7.81. The lowest BCUT2D eigenvalue weighted by molar-refractivity contribution is -0.138. The van der Waals surface area contributed by atoms with Gasteiger partial charge >= 0.3 is 5.97 Å². The highest BCUT2D eigenvalue weighted by atomic mass is 16.6. The quantitative estimate of drug-likeness (QED) is 0.733. The number of hydroxylamine groups is 1. The van der Waals surface area contributed by atoms with Crippen LogP contribution >= 0.6 is 0 Å². The molecule has 1 unspecified atom stereocenters. The Balaban J connectivity index is 0.00000137. The highest BCUT2D eigenvalue weighted by Gasteiger charge is 2.12. The third-order valence-electron chi connectivity index (χ3n) is 2.33. The molecule has 18 heavy (non-hydrogen) atoms. The van der Waals surface area contributed by atoms with Crippen LogP contribution in [0.3, 0.4) is 0 Å². The van der Waals surface area contributed by atoms with Gasteiger partial charge in [0.2, 0.25) is 0 Å². The molecule has 4 nitrogen and oxygen atoms in total. The van der Waals surface area contributed by atoms with Crippen LogP contribution in [0.15, 0.2) is 30.3 Å². The average molecular weight is 253 g/mol. The Morgan fingerprint density at radius 2 is 1.94 bits per heavy atom. The zero-order valence-electron chi connectivity index (χ0n) is 11.3. The van der Waals surface area contributed by atoms with Crippen LogP contribution in [-0.4, -0.2) is 24.2 Å². The van der Waals surface area contributed by atoms with Gasteiger partial charge in [-0.15, -0.1) is 0 Å². The van der Waals surface area contributed by atoms with Gasteiger partial charge in [0.15, 0.2) is 0 Å². The number of hydrogen-bond acceptors (Lipinski definition) is 3. The zero-order valence-corrected chi connectivity index (χ0v) is 11.3. The maximum Gasteiger partial charge on any atom is 0.305 e. The van der Waals surface area contributed by atoms with E-state index >= 15 is 0 Å². The van der Waals surface area contributed by atoms with Crippen LogP contribution in [0.2, 0.25) is 0 Å². The summed E-state index contributed by atoms with van der Waals surface area (Å²) < 4.78 is 0. The second kappa shape index (κ2) is 10.7. The van der Waals surface area contributed by atoms with Gasteiger partial charge in [0, 0.05) is 6.04 Å². The molecule has 0 bridgehead atoms. The Bertz CT molecular complexity index is 314. The fourth-order valence-electron chi connectivity index (χ4n) is 1.57. The lowest BCUT2D eigenvalue weighted by Gasteiger charge is -2.14. The van der Waals surface area contributed by atoms with Gasteiger partial charge in [-0.05, 0) is 18.4 Å². The summed E-state index contributed by atoms with van der Waals surface area (Å²) in [5, 5.41) is 8.71. The number of carboxylic acid groups (broad SMARTS) is 1. The van der Waals surface area contributed by atoms with Crippen LogP contribution in [0, 0.1) is 0 Å². The maximum absolute atomic E-state index is 10.6. The molecule has 4 heteroatoms. The smallest absolute Gasteiger partial charge is 0.305 e. The largest absolute Gasteiger partial charge is 0.481 e. The maximum atomic E-state index is 10.6. The van der Waals surface area contributed by atoms with E-state index in [0.29, 0.717) is 0 Å². The van der Waals surface area contributed by atoms with E-state index in [9.17, 15) is 4.79 Å². The Labute approximate surface area is 109 Å². The van der Waals surface area contributed by atoms with Crippen molar-refractivity contribution < 1.29 is 14.7 Å². The Hall–Kier alpha value is -1.39. The van der Waals surface area contributed by atoms with Gasteiger partial charge in [0.1, 0.15) is 0 Å². The number of rotatable bonds is 7. The second-order valence-corrected chi connectivity index (χ2v) is 3.64. The van der Waals surface area contributed by atoms with Gasteiger partial charge in [-0.3, -0.25) is 4.79 Å². The summed E-state index contributed by atoms with van der Waals surface area (Å²) in [4.78, 5) is 15.4. The first-order valence-electron chi connectivity index (χ1n) is 6.26. The van der Waals surface area contributed by atoms with E-state index in [2.05, 4.69) is 5.48 Å².